The van der Waals surface area contributed by atoms with Crippen LogP contribution in [-0.4, -0.2) is 49.1 Å². The van der Waals surface area contributed by atoms with Crippen LogP contribution in [-0.2, 0) is 19.7 Å². The number of nitrogens with zero attached hydrogens (tertiary/aromatic N) is 1. The molecule has 0 aliphatic carbocycles. The van der Waals surface area contributed by atoms with Crippen LogP contribution in [0.3, 0.4) is 0 Å². The maximum Gasteiger partial charge on any atom is 0.295 e. The molecule has 6 nitrogen and oxygen atoms in total. The van der Waals surface area contributed by atoms with Crippen molar-refractivity contribution in [2.45, 2.75) is 45.6 Å². The van der Waals surface area contributed by atoms with Crippen LogP contribution in [0.5, 0.6) is 5.75 Å². The molecule has 1 unspecified atom stereocenters. The van der Waals surface area contributed by atoms with Gasteiger partial charge in [-0.2, -0.15) is 0 Å². The highest BCUT2D eigenvalue weighted by molar-refractivity contribution is 7.10. The third kappa shape index (κ3) is 4.45. The van der Waals surface area contributed by atoms with Crippen LogP contribution < -0.4 is 4.74 Å². The second-order valence-electron chi connectivity index (χ2n) is 8.97. The van der Waals surface area contributed by atoms with Crippen molar-refractivity contribution in [2.75, 3.05) is 27.4 Å². The summed E-state index contributed by atoms with van der Waals surface area (Å²) in [6.07, 6.45) is 0.591. The summed E-state index contributed by atoms with van der Waals surface area (Å²) in [7, 11) is 3.12. The van der Waals surface area contributed by atoms with Crippen molar-refractivity contribution in [3.63, 3.8) is 0 Å². The fourth-order valence-corrected chi connectivity index (χ4v) is 4.98. The lowest BCUT2D eigenvalue weighted by Gasteiger charge is -2.25. The van der Waals surface area contributed by atoms with Gasteiger partial charge in [-0.3, -0.25) is 9.59 Å². The van der Waals surface area contributed by atoms with Crippen LogP contribution in [0.1, 0.15) is 54.8 Å². The number of aryl methyl sites for hydroxylation is 1. The van der Waals surface area contributed by atoms with Gasteiger partial charge in [-0.25, -0.2) is 0 Å². The first-order valence-corrected chi connectivity index (χ1v) is 11.5. The number of methoxy groups -OCH3 is 2. The highest BCUT2D eigenvalue weighted by Gasteiger charge is 2.47. The average Bonchev–Trinajstić information content (AvgIpc) is 3.28. The van der Waals surface area contributed by atoms with E-state index in [2.05, 4.69) is 20.8 Å². The molecule has 1 aromatic heterocycles. The van der Waals surface area contributed by atoms with E-state index in [1.54, 1.807) is 18.1 Å². The molecule has 1 saturated heterocycles. The lowest BCUT2D eigenvalue weighted by atomic mass is 9.85. The standard InChI is InChI=1S/C25H31NO5S/c1-15-10-13-32-23(15)20-19(22(28)24(29)26(20)11-7-12-30-5)21(27)17-14-16(25(2,3)4)8-9-18(17)31-6/h8-10,13-14,20,27H,7,11-12H2,1-6H3/b21-19+. The summed E-state index contributed by atoms with van der Waals surface area (Å²) in [6, 6.07) is 6.88. The number of thiophene rings is 1. The first-order valence-electron chi connectivity index (χ1n) is 10.6. The van der Waals surface area contributed by atoms with E-state index in [-0.39, 0.29) is 16.7 Å². The van der Waals surface area contributed by atoms with E-state index >= 15 is 0 Å². The summed E-state index contributed by atoms with van der Waals surface area (Å²) in [5, 5.41) is 13.4. The molecule has 172 valence electrons. The van der Waals surface area contributed by atoms with Gasteiger partial charge in [0.2, 0.25) is 0 Å². The molecular formula is C25H31NO5S. The zero-order valence-electron chi connectivity index (χ0n) is 19.5. The number of amides is 1. The monoisotopic (exact) mass is 457 g/mol. The molecule has 1 aliphatic rings. The molecule has 1 fully saturated rings. The average molecular weight is 458 g/mol. The third-order valence-electron chi connectivity index (χ3n) is 5.76. The van der Waals surface area contributed by atoms with Gasteiger partial charge in [0.15, 0.2) is 0 Å². The molecule has 0 radical (unpaired) electrons. The van der Waals surface area contributed by atoms with E-state index in [1.165, 1.54) is 18.4 Å². The quantitative estimate of drug-likeness (QED) is 0.279. The fraction of sp³-hybridized carbons (Fsp3) is 0.440. The Morgan fingerprint density at radius 2 is 1.91 bits per heavy atom. The second-order valence-corrected chi connectivity index (χ2v) is 9.92. The van der Waals surface area contributed by atoms with Crippen LogP contribution in [0.15, 0.2) is 35.2 Å². The summed E-state index contributed by atoms with van der Waals surface area (Å²) in [6.45, 7) is 8.99. The van der Waals surface area contributed by atoms with Crippen LogP contribution >= 0.6 is 11.3 Å². The number of likely N-dealkylation sites (tertiary alicyclic amines) is 1. The molecule has 1 aromatic carbocycles. The number of carbonyl (C=O) groups excluding carboxylic acids is 2. The molecule has 0 bridgehead atoms. The molecule has 3 rings (SSSR count). The van der Waals surface area contributed by atoms with Gasteiger partial charge in [-0.1, -0.05) is 26.8 Å². The van der Waals surface area contributed by atoms with Crippen molar-refractivity contribution in [3.8, 4) is 5.75 Å². The summed E-state index contributed by atoms with van der Waals surface area (Å²) in [4.78, 5) is 28.6. The SMILES string of the molecule is COCCCN1C(=O)C(=O)/C(=C(/O)c2cc(C(C)(C)C)ccc2OC)C1c1sccc1C. The molecule has 7 heteroatoms. The molecule has 1 amide bonds. The van der Waals surface area contributed by atoms with Gasteiger partial charge in [-0.15, -0.1) is 11.3 Å². The van der Waals surface area contributed by atoms with E-state index in [4.69, 9.17) is 9.47 Å². The lowest BCUT2D eigenvalue weighted by Crippen LogP contribution is -2.31. The normalized spacial score (nSPS) is 18.4. The number of ether oxygens (including phenoxy) is 2. The van der Waals surface area contributed by atoms with E-state index in [0.717, 1.165) is 16.0 Å². The van der Waals surface area contributed by atoms with Crippen molar-refractivity contribution in [3.05, 3.63) is 56.8 Å². The van der Waals surface area contributed by atoms with Gasteiger partial charge >= 0.3 is 0 Å². The minimum absolute atomic E-state index is 0.0994. The number of aliphatic hydroxyl groups is 1. The molecule has 0 saturated carbocycles. The van der Waals surface area contributed by atoms with Crippen LogP contribution in [0, 0.1) is 6.92 Å². The maximum atomic E-state index is 13.2. The Kier molecular flexibility index (Phi) is 7.10. The van der Waals surface area contributed by atoms with Crippen molar-refractivity contribution in [1.29, 1.82) is 0 Å². The molecule has 2 aromatic rings. The molecule has 0 spiro atoms. The number of benzene rings is 1. The minimum atomic E-state index is -0.680. The van der Waals surface area contributed by atoms with Gasteiger partial charge in [0, 0.05) is 25.1 Å². The van der Waals surface area contributed by atoms with Gasteiger partial charge < -0.3 is 19.5 Å². The number of hydrogen-bond donors (Lipinski definition) is 1. The maximum absolute atomic E-state index is 13.2. The van der Waals surface area contributed by atoms with E-state index in [0.29, 0.717) is 30.9 Å². The Balaban J connectivity index is 2.22. The molecule has 1 N–H and O–H groups in total. The minimum Gasteiger partial charge on any atom is -0.507 e. The van der Waals surface area contributed by atoms with Crippen LogP contribution in [0.2, 0.25) is 0 Å². The van der Waals surface area contributed by atoms with Crippen molar-refractivity contribution in [2.24, 2.45) is 0 Å². The summed E-state index contributed by atoms with van der Waals surface area (Å²) >= 11 is 1.47. The zero-order chi connectivity index (χ0) is 23.6. The van der Waals surface area contributed by atoms with Crippen molar-refractivity contribution >= 4 is 28.8 Å². The molecule has 1 aliphatic heterocycles. The first-order chi connectivity index (χ1) is 15.1. The highest BCUT2D eigenvalue weighted by atomic mass is 32.1. The summed E-state index contributed by atoms with van der Waals surface area (Å²) < 4.78 is 10.6. The number of carbonyl (C=O) groups is 2. The van der Waals surface area contributed by atoms with Gasteiger partial charge in [-0.05, 0) is 53.5 Å². The molecule has 32 heavy (non-hydrogen) atoms. The summed E-state index contributed by atoms with van der Waals surface area (Å²) in [5.41, 5.74) is 2.30. The smallest absolute Gasteiger partial charge is 0.295 e. The number of aliphatic hydroxyl groups excluding tert-OH is 1. The van der Waals surface area contributed by atoms with Gasteiger partial charge in [0.25, 0.3) is 11.7 Å². The zero-order valence-corrected chi connectivity index (χ0v) is 20.3. The number of ketones is 1. The van der Waals surface area contributed by atoms with E-state index in [9.17, 15) is 14.7 Å². The second kappa shape index (κ2) is 9.46. The predicted molar refractivity (Wildman–Crippen MR) is 126 cm³/mol. The van der Waals surface area contributed by atoms with E-state index in [1.807, 2.05) is 30.5 Å². The van der Waals surface area contributed by atoms with Crippen LogP contribution in [0.25, 0.3) is 5.76 Å². The Morgan fingerprint density at radius 1 is 1.19 bits per heavy atom. The first kappa shape index (κ1) is 24.0. The largest absolute Gasteiger partial charge is 0.507 e. The van der Waals surface area contributed by atoms with Crippen molar-refractivity contribution < 1.29 is 24.2 Å². The molecule has 1 atom stereocenters. The molecule has 2 heterocycles. The van der Waals surface area contributed by atoms with Gasteiger partial charge in [0.05, 0.1) is 24.3 Å². The number of Topliss-reactive ketones (excluding diaryl/α,β-unsaturated/α-hetero) is 1. The fourth-order valence-electron chi connectivity index (χ4n) is 3.93. The van der Waals surface area contributed by atoms with Crippen LogP contribution in [0.4, 0.5) is 0 Å². The number of rotatable bonds is 7. The molecular weight excluding hydrogens is 426 g/mol. The number of hydrogen-bond acceptors (Lipinski definition) is 6. The predicted octanol–water partition coefficient (Wildman–Crippen LogP) is 4.82. The lowest BCUT2D eigenvalue weighted by molar-refractivity contribution is -0.140. The van der Waals surface area contributed by atoms with Crippen molar-refractivity contribution in [1.82, 2.24) is 4.90 Å². The Morgan fingerprint density at radius 3 is 2.47 bits per heavy atom. The topological polar surface area (TPSA) is 76.1 Å². The Labute approximate surface area is 193 Å². The van der Waals surface area contributed by atoms with Gasteiger partial charge in [0.1, 0.15) is 11.5 Å². The van der Waals surface area contributed by atoms with E-state index < -0.39 is 17.7 Å². The summed E-state index contributed by atoms with van der Waals surface area (Å²) in [5.74, 6) is -1.05. The Hall–Kier alpha value is -2.64. The Bertz CT molecular complexity index is 1050. The third-order valence-corrected chi connectivity index (χ3v) is 6.83. The highest BCUT2D eigenvalue weighted by Crippen LogP contribution is 2.44.